The minimum Gasteiger partial charge on any atom is -0.351 e. The van der Waals surface area contributed by atoms with E-state index < -0.39 is 0 Å². The topological polar surface area (TPSA) is 72.4 Å². The maximum Gasteiger partial charge on any atom is 0.290 e. The van der Waals surface area contributed by atoms with Crippen molar-refractivity contribution in [3.8, 4) is 0 Å². The molecular formula is C21H20N4O2. The molecule has 4 aromatic rings. The van der Waals surface area contributed by atoms with E-state index in [4.69, 9.17) is 4.52 Å². The van der Waals surface area contributed by atoms with Gasteiger partial charge < -0.3 is 14.2 Å². The molecule has 0 aliphatic rings. The van der Waals surface area contributed by atoms with E-state index in [1.807, 2.05) is 73.0 Å². The van der Waals surface area contributed by atoms with Crippen molar-refractivity contribution in [2.75, 3.05) is 0 Å². The summed E-state index contributed by atoms with van der Waals surface area (Å²) in [6.07, 6.45) is 1.92. The molecule has 0 saturated heterocycles. The number of nitrogens with zero attached hydrogens (tertiary/aromatic N) is 3. The summed E-state index contributed by atoms with van der Waals surface area (Å²) in [5.74, 6) is -0.0477. The zero-order chi connectivity index (χ0) is 18.8. The van der Waals surface area contributed by atoms with Crippen LogP contribution in [-0.4, -0.2) is 20.4 Å². The van der Waals surface area contributed by atoms with E-state index in [1.54, 1.807) is 6.07 Å². The van der Waals surface area contributed by atoms with Crippen LogP contribution in [0.4, 0.5) is 0 Å². The van der Waals surface area contributed by atoms with Crippen LogP contribution in [0.2, 0.25) is 0 Å². The summed E-state index contributed by atoms with van der Waals surface area (Å²) in [6.45, 7) is 4.37. The molecule has 0 saturated carbocycles. The lowest BCUT2D eigenvalue weighted by molar-refractivity contribution is 0.0913. The van der Waals surface area contributed by atoms with Crippen molar-refractivity contribution in [1.82, 2.24) is 19.9 Å². The summed E-state index contributed by atoms with van der Waals surface area (Å²) in [6, 6.07) is 17.6. The molecule has 0 aliphatic heterocycles. The lowest BCUT2D eigenvalue weighted by atomic mass is 9.98. The highest BCUT2D eigenvalue weighted by atomic mass is 16.5. The van der Waals surface area contributed by atoms with E-state index in [1.165, 1.54) is 0 Å². The molecule has 0 bridgehead atoms. The second-order valence-corrected chi connectivity index (χ2v) is 6.56. The average molecular weight is 360 g/mol. The van der Waals surface area contributed by atoms with Gasteiger partial charge in [0.05, 0.1) is 17.9 Å². The van der Waals surface area contributed by atoms with Crippen LogP contribution in [0.1, 0.15) is 46.0 Å². The van der Waals surface area contributed by atoms with E-state index in [9.17, 15) is 4.79 Å². The Hall–Kier alpha value is -3.41. The van der Waals surface area contributed by atoms with Crippen molar-refractivity contribution < 1.29 is 9.32 Å². The number of carbonyl (C=O) groups excluding carboxylic acids is 1. The van der Waals surface area contributed by atoms with Crippen LogP contribution in [0, 0.1) is 6.92 Å². The molecule has 1 atom stereocenters. The summed E-state index contributed by atoms with van der Waals surface area (Å²) in [7, 11) is 0. The fraction of sp³-hybridized carbons (Fsp3) is 0.190. The summed E-state index contributed by atoms with van der Waals surface area (Å²) < 4.78 is 7.24. The number of fused-ring (bicyclic) bond motifs is 1. The summed E-state index contributed by atoms with van der Waals surface area (Å²) in [5, 5.41) is 6.90. The van der Waals surface area contributed by atoms with Gasteiger partial charge in [-0.05, 0) is 24.6 Å². The lowest BCUT2D eigenvalue weighted by Gasteiger charge is -2.06. The van der Waals surface area contributed by atoms with E-state index in [-0.39, 0.29) is 17.6 Å². The van der Waals surface area contributed by atoms with Gasteiger partial charge >= 0.3 is 0 Å². The number of amides is 1. The zero-order valence-corrected chi connectivity index (χ0v) is 15.2. The van der Waals surface area contributed by atoms with Crippen molar-refractivity contribution in [1.29, 1.82) is 0 Å². The molecule has 3 heterocycles. The highest BCUT2D eigenvalue weighted by Gasteiger charge is 2.18. The molecule has 1 aromatic carbocycles. The van der Waals surface area contributed by atoms with Crippen molar-refractivity contribution >= 4 is 11.6 Å². The molecule has 1 unspecified atom stereocenters. The molecule has 1 amide bonds. The van der Waals surface area contributed by atoms with Crippen LogP contribution < -0.4 is 5.32 Å². The molecule has 27 heavy (non-hydrogen) atoms. The van der Waals surface area contributed by atoms with Crippen molar-refractivity contribution in [3.05, 3.63) is 89.2 Å². The number of imidazole rings is 1. The fourth-order valence-electron chi connectivity index (χ4n) is 3.05. The molecule has 0 aliphatic carbocycles. The maximum atomic E-state index is 12.4. The van der Waals surface area contributed by atoms with E-state index in [0.29, 0.717) is 6.54 Å². The quantitative estimate of drug-likeness (QED) is 0.589. The Bertz CT molecular complexity index is 1080. The number of pyridine rings is 1. The maximum absolute atomic E-state index is 12.4. The number of carbonyl (C=O) groups is 1. The molecule has 136 valence electrons. The van der Waals surface area contributed by atoms with Crippen molar-refractivity contribution in [2.45, 2.75) is 26.3 Å². The first-order chi connectivity index (χ1) is 13.1. The number of rotatable bonds is 5. The molecule has 4 rings (SSSR count). The fourth-order valence-corrected chi connectivity index (χ4v) is 3.05. The number of benzene rings is 1. The first kappa shape index (κ1) is 17.0. The number of nitrogens with one attached hydrogen (secondary N) is 1. The Balaban J connectivity index is 1.44. The Kier molecular flexibility index (Phi) is 4.46. The van der Waals surface area contributed by atoms with Gasteiger partial charge in [0.1, 0.15) is 5.65 Å². The smallest absolute Gasteiger partial charge is 0.290 e. The first-order valence-electron chi connectivity index (χ1n) is 8.85. The Morgan fingerprint density at radius 2 is 2.00 bits per heavy atom. The molecule has 0 fully saturated rings. The second-order valence-electron chi connectivity index (χ2n) is 6.56. The Morgan fingerprint density at radius 3 is 2.78 bits per heavy atom. The lowest BCUT2D eigenvalue weighted by Crippen LogP contribution is -2.22. The van der Waals surface area contributed by atoms with Crippen LogP contribution >= 0.6 is 0 Å². The SMILES string of the molecule is Cc1cccc2nc(CNC(=O)c3cc(C(C)c4ccccc4)no3)cn12. The highest BCUT2D eigenvalue weighted by molar-refractivity contribution is 5.91. The van der Waals surface area contributed by atoms with Crippen LogP contribution in [0.5, 0.6) is 0 Å². The first-order valence-corrected chi connectivity index (χ1v) is 8.85. The van der Waals surface area contributed by atoms with Gasteiger partial charge in [-0.15, -0.1) is 0 Å². The van der Waals surface area contributed by atoms with E-state index in [2.05, 4.69) is 15.5 Å². The summed E-state index contributed by atoms with van der Waals surface area (Å²) >= 11 is 0. The highest BCUT2D eigenvalue weighted by Crippen LogP contribution is 2.23. The summed E-state index contributed by atoms with van der Waals surface area (Å²) in [4.78, 5) is 16.9. The van der Waals surface area contributed by atoms with Gasteiger partial charge in [0.15, 0.2) is 0 Å². The second kappa shape index (κ2) is 7.07. The third kappa shape index (κ3) is 3.46. The van der Waals surface area contributed by atoms with Crippen LogP contribution in [0.3, 0.4) is 0 Å². The number of aryl methyl sites for hydroxylation is 1. The van der Waals surface area contributed by atoms with Gasteiger partial charge in [0.2, 0.25) is 5.76 Å². The van der Waals surface area contributed by atoms with Crippen molar-refractivity contribution in [3.63, 3.8) is 0 Å². The molecule has 3 aromatic heterocycles. The number of hydrogen-bond donors (Lipinski definition) is 1. The molecule has 0 spiro atoms. The van der Waals surface area contributed by atoms with E-state index >= 15 is 0 Å². The predicted octanol–water partition coefficient (Wildman–Crippen LogP) is 3.71. The van der Waals surface area contributed by atoms with Gasteiger partial charge in [0.25, 0.3) is 5.91 Å². The summed E-state index contributed by atoms with van der Waals surface area (Å²) in [5.41, 5.74) is 4.59. The number of aromatic nitrogens is 3. The molecule has 0 radical (unpaired) electrons. The van der Waals surface area contributed by atoms with Gasteiger partial charge in [-0.2, -0.15) is 0 Å². The molecule has 1 N–H and O–H groups in total. The minimum absolute atomic E-state index is 0.0536. The minimum atomic E-state index is -0.303. The molecular weight excluding hydrogens is 340 g/mol. The molecule has 6 heteroatoms. The Labute approximate surface area is 156 Å². The van der Waals surface area contributed by atoms with Gasteiger partial charge in [0, 0.05) is 23.9 Å². The largest absolute Gasteiger partial charge is 0.351 e. The van der Waals surface area contributed by atoms with E-state index in [0.717, 1.165) is 28.3 Å². The van der Waals surface area contributed by atoms with Gasteiger partial charge in [-0.25, -0.2) is 4.98 Å². The van der Waals surface area contributed by atoms with Crippen LogP contribution in [-0.2, 0) is 6.54 Å². The molecule has 6 nitrogen and oxygen atoms in total. The standard InChI is InChI=1S/C21H20N4O2/c1-14-7-6-10-20-23-17(13-25(14)20)12-22-21(26)19-11-18(24-27-19)15(2)16-8-4-3-5-9-16/h3-11,13,15H,12H2,1-2H3,(H,22,26). The normalized spacial score (nSPS) is 12.2. The third-order valence-electron chi connectivity index (χ3n) is 4.67. The average Bonchev–Trinajstić information content (AvgIpc) is 3.34. The Morgan fingerprint density at radius 1 is 1.19 bits per heavy atom. The van der Waals surface area contributed by atoms with Crippen molar-refractivity contribution in [2.24, 2.45) is 0 Å². The van der Waals surface area contributed by atoms with Gasteiger partial charge in [-0.3, -0.25) is 4.79 Å². The zero-order valence-electron chi connectivity index (χ0n) is 15.2. The predicted molar refractivity (Wildman–Crippen MR) is 102 cm³/mol. The van der Waals surface area contributed by atoms with Crippen LogP contribution in [0.15, 0.2) is 65.3 Å². The third-order valence-corrected chi connectivity index (χ3v) is 4.67. The monoisotopic (exact) mass is 360 g/mol. The number of hydrogen-bond acceptors (Lipinski definition) is 4. The van der Waals surface area contributed by atoms with Crippen LogP contribution in [0.25, 0.3) is 5.65 Å². The van der Waals surface area contributed by atoms with Gasteiger partial charge in [-0.1, -0.05) is 48.5 Å².